The first-order chi connectivity index (χ1) is 16.3. The summed E-state index contributed by atoms with van der Waals surface area (Å²) >= 11 is 0. The van der Waals surface area contributed by atoms with Gasteiger partial charge in [-0.2, -0.15) is 0 Å². The summed E-state index contributed by atoms with van der Waals surface area (Å²) in [7, 11) is 0. The van der Waals surface area contributed by atoms with E-state index >= 15 is 0 Å². The topological polar surface area (TPSA) is 25.8 Å². The molecule has 2 heterocycles. The summed E-state index contributed by atoms with van der Waals surface area (Å²) in [5.41, 5.74) is 10.8. The Hall–Kier alpha value is -4.30. The second-order valence-corrected chi connectivity index (χ2v) is 8.63. The molecule has 0 aliphatic heterocycles. The molecular weight excluding hydrogens is 400 g/mol. The van der Waals surface area contributed by atoms with Crippen LogP contribution in [0.25, 0.3) is 66.3 Å². The van der Waals surface area contributed by atoms with E-state index in [4.69, 9.17) is 9.97 Å². The van der Waals surface area contributed by atoms with E-state index < -0.39 is 0 Å². The summed E-state index contributed by atoms with van der Waals surface area (Å²) in [6.45, 7) is 2.20. The Morgan fingerprint density at radius 1 is 0.455 bits per heavy atom. The minimum atomic E-state index is 0.999. The monoisotopic (exact) mass is 420 g/mol. The maximum Gasteiger partial charge on any atom is 0.0714 e. The van der Waals surface area contributed by atoms with Crippen LogP contribution >= 0.6 is 0 Å². The Kier molecular flexibility index (Phi) is 3.80. The van der Waals surface area contributed by atoms with Gasteiger partial charge in [-0.25, -0.2) is 0 Å². The van der Waals surface area contributed by atoms with Crippen molar-refractivity contribution in [3.8, 4) is 44.8 Å². The van der Waals surface area contributed by atoms with Crippen LogP contribution in [0.4, 0.5) is 0 Å². The number of nitrogens with zero attached hydrogens (tertiary/aromatic N) is 2. The summed E-state index contributed by atoms with van der Waals surface area (Å²) in [5, 5.41) is 5.05. The molecule has 1 aliphatic rings. The van der Waals surface area contributed by atoms with Crippen molar-refractivity contribution in [3.63, 3.8) is 0 Å². The predicted molar refractivity (Wildman–Crippen MR) is 137 cm³/mol. The molecule has 0 unspecified atom stereocenters. The van der Waals surface area contributed by atoms with Crippen molar-refractivity contribution >= 4 is 21.5 Å². The number of hydrogen-bond acceptors (Lipinski definition) is 2. The first kappa shape index (κ1) is 18.3. The molecule has 2 aromatic heterocycles. The van der Waals surface area contributed by atoms with Crippen molar-refractivity contribution in [2.45, 2.75) is 6.92 Å². The average Bonchev–Trinajstić information content (AvgIpc) is 3.21. The van der Waals surface area contributed by atoms with Gasteiger partial charge in [0.25, 0.3) is 0 Å². The molecule has 2 nitrogen and oxygen atoms in total. The second kappa shape index (κ2) is 6.85. The minimum absolute atomic E-state index is 0.999. The molecule has 0 spiro atoms. The second-order valence-electron chi connectivity index (χ2n) is 8.63. The first-order valence-electron chi connectivity index (χ1n) is 11.3. The lowest BCUT2D eigenvalue weighted by atomic mass is 9.85. The van der Waals surface area contributed by atoms with Crippen molar-refractivity contribution in [1.29, 1.82) is 0 Å². The summed E-state index contributed by atoms with van der Waals surface area (Å²) in [5.74, 6) is 0. The molecule has 4 aromatic carbocycles. The Labute approximate surface area is 192 Å². The van der Waals surface area contributed by atoms with Crippen LogP contribution in [0.3, 0.4) is 0 Å². The van der Waals surface area contributed by atoms with Crippen LogP contribution in [0.15, 0.2) is 103 Å². The maximum absolute atomic E-state index is 4.81. The van der Waals surface area contributed by atoms with E-state index in [1.165, 1.54) is 60.5 Å². The first-order valence-corrected chi connectivity index (χ1v) is 11.3. The van der Waals surface area contributed by atoms with Gasteiger partial charge in [-0.1, -0.05) is 66.7 Å². The van der Waals surface area contributed by atoms with Crippen LogP contribution in [-0.4, -0.2) is 9.97 Å². The Balaban J connectivity index is 1.78. The fourth-order valence-electron chi connectivity index (χ4n) is 5.50. The van der Waals surface area contributed by atoms with Crippen molar-refractivity contribution in [3.05, 3.63) is 109 Å². The summed E-state index contributed by atoms with van der Waals surface area (Å²) in [4.78, 5) is 9.62. The van der Waals surface area contributed by atoms with Gasteiger partial charge in [0, 0.05) is 34.6 Å². The van der Waals surface area contributed by atoms with E-state index in [9.17, 15) is 0 Å². The van der Waals surface area contributed by atoms with Crippen molar-refractivity contribution in [1.82, 2.24) is 9.97 Å². The third-order valence-corrected chi connectivity index (χ3v) is 6.86. The van der Waals surface area contributed by atoms with Gasteiger partial charge in [0.05, 0.1) is 11.4 Å². The fourth-order valence-corrected chi connectivity index (χ4v) is 5.50. The molecule has 154 valence electrons. The van der Waals surface area contributed by atoms with E-state index in [0.29, 0.717) is 0 Å². The standard InChI is InChI=1S/C31H20N2/c1-19-15-16-24-27-20(19)11-8-12-23(27)30-28(25-13-4-6-17-32-25)21-9-2-3-10-22(21)29(31(24)30)26-14-5-7-18-33-26/h2-18H,1H3. The van der Waals surface area contributed by atoms with Gasteiger partial charge in [0.2, 0.25) is 0 Å². The molecule has 0 N–H and O–H groups in total. The zero-order valence-electron chi connectivity index (χ0n) is 18.2. The van der Waals surface area contributed by atoms with Crippen molar-refractivity contribution < 1.29 is 0 Å². The number of benzene rings is 4. The van der Waals surface area contributed by atoms with Gasteiger partial charge < -0.3 is 0 Å². The molecule has 0 saturated heterocycles. The van der Waals surface area contributed by atoms with Gasteiger partial charge >= 0.3 is 0 Å². The lowest BCUT2D eigenvalue weighted by molar-refractivity contribution is 1.33. The summed E-state index contributed by atoms with van der Waals surface area (Å²) in [6, 6.07) is 32.3. The minimum Gasteiger partial charge on any atom is -0.256 e. The Bertz CT molecular complexity index is 1610. The Morgan fingerprint density at radius 2 is 1.00 bits per heavy atom. The SMILES string of the molecule is Cc1ccc2c3c(cccc13)-c1c-2c(-c2ccccn2)c2ccccc2c1-c1ccccn1. The molecule has 0 radical (unpaired) electrons. The molecule has 7 rings (SSSR count). The van der Waals surface area contributed by atoms with E-state index in [1.54, 1.807) is 0 Å². The third-order valence-electron chi connectivity index (χ3n) is 6.86. The molecular formula is C31H20N2. The molecule has 0 fully saturated rings. The van der Waals surface area contributed by atoms with Crippen LogP contribution in [0.1, 0.15) is 5.56 Å². The van der Waals surface area contributed by atoms with Crippen LogP contribution in [0.5, 0.6) is 0 Å². The molecule has 0 saturated carbocycles. The van der Waals surface area contributed by atoms with Gasteiger partial charge in [0.1, 0.15) is 0 Å². The molecule has 0 amide bonds. The van der Waals surface area contributed by atoms with Gasteiger partial charge in [-0.15, -0.1) is 0 Å². The van der Waals surface area contributed by atoms with E-state index in [1.807, 2.05) is 24.5 Å². The largest absolute Gasteiger partial charge is 0.256 e. The normalized spacial score (nSPS) is 11.8. The lowest BCUT2D eigenvalue weighted by Gasteiger charge is -2.19. The zero-order chi connectivity index (χ0) is 21.9. The quantitative estimate of drug-likeness (QED) is 0.282. The van der Waals surface area contributed by atoms with Gasteiger partial charge in [-0.05, 0) is 69.4 Å². The highest BCUT2D eigenvalue weighted by Gasteiger charge is 2.31. The zero-order valence-corrected chi connectivity index (χ0v) is 18.2. The number of rotatable bonds is 2. The lowest BCUT2D eigenvalue weighted by Crippen LogP contribution is -1.95. The average molecular weight is 421 g/mol. The van der Waals surface area contributed by atoms with E-state index in [-0.39, 0.29) is 0 Å². The van der Waals surface area contributed by atoms with E-state index in [0.717, 1.165) is 11.4 Å². The smallest absolute Gasteiger partial charge is 0.0714 e. The summed E-state index contributed by atoms with van der Waals surface area (Å²) < 4.78 is 0. The third kappa shape index (κ3) is 2.49. The molecule has 1 aliphatic carbocycles. The molecule has 0 atom stereocenters. The number of hydrogen-bond donors (Lipinski definition) is 0. The maximum atomic E-state index is 4.81. The predicted octanol–water partition coefficient (Wildman–Crippen LogP) is 8.07. The number of pyridine rings is 2. The van der Waals surface area contributed by atoms with Gasteiger partial charge in [0.15, 0.2) is 0 Å². The molecule has 33 heavy (non-hydrogen) atoms. The van der Waals surface area contributed by atoms with Crippen LogP contribution in [0, 0.1) is 6.92 Å². The van der Waals surface area contributed by atoms with Crippen LogP contribution < -0.4 is 0 Å². The summed E-state index contributed by atoms with van der Waals surface area (Å²) in [6.07, 6.45) is 3.77. The fraction of sp³-hybridized carbons (Fsp3) is 0.0323. The van der Waals surface area contributed by atoms with Gasteiger partial charge in [-0.3, -0.25) is 9.97 Å². The van der Waals surface area contributed by atoms with E-state index in [2.05, 4.69) is 85.8 Å². The highest BCUT2D eigenvalue weighted by Crippen LogP contribution is 2.57. The number of aromatic nitrogens is 2. The Morgan fingerprint density at radius 3 is 1.58 bits per heavy atom. The molecule has 0 bridgehead atoms. The molecule has 6 aromatic rings. The number of fused-ring (bicyclic) bond motifs is 4. The van der Waals surface area contributed by atoms with Crippen molar-refractivity contribution in [2.24, 2.45) is 0 Å². The number of aryl methyl sites for hydroxylation is 1. The van der Waals surface area contributed by atoms with Crippen molar-refractivity contribution in [2.75, 3.05) is 0 Å². The highest BCUT2D eigenvalue weighted by molar-refractivity contribution is 6.27. The highest BCUT2D eigenvalue weighted by atomic mass is 14.7. The molecule has 2 heteroatoms. The van der Waals surface area contributed by atoms with Crippen LogP contribution in [0.2, 0.25) is 0 Å². The van der Waals surface area contributed by atoms with Crippen LogP contribution in [-0.2, 0) is 0 Å².